The van der Waals surface area contributed by atoms with E-state index in [-0.39, 0.29) is 24.9 Å². The largest absolute Gasteiger partial charge is 0.492 e. The lowest BCUT2D eigenvalue weighted by atomic mass is 9.97. The van der Waals surface area contributed by atoms with Gasteiger partial charge in [-0.3, -0.25) is 4.79 Å². The van der Waals surface area contributed by atoms with E-state index in [0.29, 0.717) is 22.8 Å². The SMILES string of the molecule is O=C(OCc1nc(-c2ccc(F)cc2)no1)[C@@H]1COc2ccc(Cl)cc2C1. The molecule has 0 bridgehead atoms. The first kappa shape index (κ1) is 17.5. The number of hydrogen-bond acceptors (Lipinski definition) is 6. The van der Waals surface area contributed by atoms with Crippen LogP contribution < -0.4 is 4.74 Å². The van der Waals surface area contributed by atoms with E-state index in [1.807, 2.05) is 0 Å². The second-order valence-corrected chi connectivity index (χ2v) is 6.53. The van der Waals surface area contributed by atoms with Crippen molar-refractivity contribution in [2.24, 2.45) is 5.92 Å². The van der Waals surface area contributed by atoms with Crippen molar-refractivity contribution in [1.29, 1.82) is 0 Å². The molecule has 0 amide bonds. The molecule has 0 spiro atoms. The summed E-state index contributed by atoms with van der Waals surface area (Å²) >= 11 is 5.99. The van der Waals surface area contributed by atoms with Gasteiger partial charge in [-0.1, -0.05) is 16.8 Å². The molecule has 3 aromatic rings. The fourth-order valence-electron chi connectivity index (χ4n) is 2.79. The van der Waals surface area contributed by atoms with E-state index < -0.39 is 11.9 Å². The fourth-order valence-corrected chi connectivity index (χ4v) is 2.99. The molecule has 1 atom stereocenters. The van der Waals surface area contributed by atoms with Gasteiger partial charge in [0, 0.05) is 10.6 Å². The van der Waals surface area contributed by atoms with Gasteiger partial charge in [0.2, 0.25) is 5.82 Å². The van der Waals surface area contributed by atoms with Crippen LogP contribution in [-0.4, -0.2) is 22.7 Å². The summed E-state index contributed by atoms with van der Waals surface area (Å²) in [6.07, 6.45) is 0.486. The summed E-state index contributed by atoms with van der Waals surface area (Å²) in [4.78, 5) is 16.5. The first-order valence-corrected chi connectivity index (χ1v) is 8.62. The summed E-state index contributed by atoms with van der Waals surface area (Å²) in [7, 11) is 0. The van der Waals surface area contributed by atoms with Crippen LogP contribution in [0.1, 0.15) is 11.5 Å². The van der Waals surface area contributed by atoms with Crippen LogP contribution in [0.3, 0.4) is 0 Å². The van der Waals surface area contributed by atoms with Gasteiger partial charge in [-0.2, -0.15) is 4.98 Å². The molecule has 4 rings (SSSR count). The molecular weight excluding hydrogens is 375 g/mol. The number of benzene rings is 2. The average Bonchev–Trinajstić information content (AvgIpc) is 3.15. The molecule has 2 heterocycles. The van der Waals surface area contributed by atoms with Crippen molar-refractivity contribution in [2.45, 2.75) is 13.0 Å². The van der Waals surface area contributed by atoms with Crippen molar-refractivity contribution in [3.8, 4) is 17.1 Å². The third-order valence-corrected chi connectivity index (χ3v) is 4.41. The molecule has 1 aliphatic rings. The van der Waals surface area contributed by atoms with Crippen LogP contribution in [0.25, 0.3) is 11.4 Å². The molecule has 0 saturated heterocycles. The van der Waals surface area contributed by atoms with E-state index in [9.17, 15) is 9.18 Å². The number of fused-ring (bicyclic) bond motifs is 1. The van der Waals surface area contributed by atoms with Crippen LogP contribution in [-0.2, 0) is 22.6 Å². The highest BCUT2D eigenvalue weighted by Crippen LogP contribution is 2.30. The highest BCUT2D eigenvalue weighted by Gasteiger charge is 2.28. The zero-order chi connectivity index (χ0) is 18.8. The van der Waals surface area contributed by atoms with Crippen molar-refractivity contribution in [3.05, 3.63) is 64.8 Å². The number of halogens is 2. The average molecular weight is 389 g/mol. The van der Waals surface area contributed by atoms with Crippen molar-refractivity contribution in [3.63, 3.8) is 0 Å². The standard InChI is InChI=1S/C19H14ClFN2O4/c20-14-3-6-16-12(8-14)7-13(9-25-16)19(24)26-10-17-22-18(23-27-17)11-1-4-15(21)5-2-11/h1-6,8,13H,7,9-10H2/t13-/m0/s1. The van der Waals surface area contributed by atoms with E-state index in [1.54, 1.807) is 18.2 Å². The van der Waals surface area contributed by atoms with Gasteiger partial charge >= 0.3 is 5.97 Å². The molecule has 1 aliphatic heterocycles. The van der Waals surface area contributed by atoms with Crippen LogP contribution in [0.15, 0.2) is 47.0 Å². The van der Waals surface area contributed by atoms with Crippen LogP contribution in [0.5, 0.6) is 5.75 Å². The molecule has 0 unspecified atom stereocenters. The minimum atomic E-state index is -0.435. The molecule has 2 aromatic carbocycles. The molecule has 0 aliphatic carbocycles. The summed E-state index contributed by atoms with van der Waals surface area (Å²) in [6, 6.07) is 11.0. The van der Waals surface area contributed by atoms with Gasteiger partial charge in [0.1, 0.15) is 18.2 Å². The fraction of sp³-hybridized carbons (Fsp3) is 0.211. The maximum atomic E-state index is 13.0. The number of rotatable bonds is 4. The highest BCUT2D eigenvalue weighted by molar-refractivity contribution is 6.30. The molecule has 1 aromatic heterocycles. The quantitative estimate of drug-likeness (QED) is 0.632. The third-order valence-electron chi connectivity index (χ3n) is 4.17. The van der Waals surface area contributed by atoms with Crippen molar-refractivity contribution in [2.75, 3.05) is 6.61 Å². The minimum absolute atomic E-state index is 0.147. The number of carbonyl (C=O) groups excluding carboxylic acids is 1. The van der Waals surface area contributed by atoms with Gasteiger partial charge < -0.3 is 14.0 Å². The van der Waals surface area contributed by atoms with Gasteiger partial charge in [-0.05, 0) is 54.4 Å². The van der Waals surface area contributed by atoms with E-state index in [4.69, 9.17) is 25.6 Å². The maximum Gasteiger partial charge on any atom is 0.313 e. The Labute approximate surface area is 158 Å². The molecule has 0 fully saturated rings. The zero-order valence-corrected chi connectivity index (χ0v) is 14.8. The van der Waals surface area contributed by atoms with Gasteiger partial charge in [0.05, 0.1) is 5.92 Å². The molecule has 138 valence electrons. The van der Waals surface area contributed by atoms with Crippen molar-refractivity contribution >= 4 is 17.6 Å². The Morgan fingerprint density at radius 1 is 1.26 bits per heavy atom. The summed E-state index contributed by atoms with van der Waals surface area (Å²) in [5, 5.41) is 4.40. The molecule has 27 heavy (non-hydrogen) atoms. The van der Waals surface area contributed by atoms with Crippen molar-refractivity contribution < 1.29 is 23.2 Å². The van der Waals surface area contributed by atoms with E-state index in [0.717, 1.165) is 11.3 Å². The first-order chi connectivity index (χ1) is 13.1. The Kier molecular flexibility index (Phi) is 4.77. The molecule has 0 N–H and O–H groups in total. The van der Waals surface area contributed by atoms with Gasteiger partial charge in [0.15, 0.2) is 6.61 Å². The highest BCUT2D eigenvalue weighted by atomic mass is 35.5. The molecular formula is C19H14ClFN2O4. The van der Waals surface area contributed by atoms with Gasteiger partial charge in [0.25, 0.3) is 5.89 Å². The molecule has 0 radical (unpaired) electrons. The summed E-state index contributed by atoms with van der Waals surface area (Å²) in [6.45, 7) is 0.0874. The number of aromatic nitrogens is 2. The number of esters is 1. The lowest BCUT2D eigenvalue weighted by Gasteiger charge is -2.23. The zero-order valence-electron chi connectivity index (χ0n) is 14.0. The Morgan fingerprint density at radius 3 is 2.89 bits per heavy atom. The van der Waals surface area contributed by atoms with Crippen LogP contribution in [0, 0.1) is 11.7 Å². The maximum absolute atomic E-state index is 13.0. The first-order valence-electron chi connectivity index (χ1n) is 8.25. The second-order valence-electron chi connectivity index (χ2n) is 6.09. The molecule has 8 heteroatoms. The monoisotopic (exact) mass is 388 g/mol. The predicted octanol–water partition coefficient (Wildman–Crippen LogP) is 3.82. The summed E-state index contributed by atoms with van der Waals surface area (Å²) < 4.78 is 28.9. The number of nitrogens with zero attached hydrogens (tertiary/aromatic N) is 2. The van der Waals surface area contributed by atoms with Crippen LogP contribution in [0.2, 0.25) is 5.02 Å². The smallest absolute Gasteiger partial charge is 0.313 e. The van der Waals surface area contributed by atoms with E-state index in [1.165, 1.54) is 24.3 Å². The van der Waals surface area contributed by atoms with Crippen LogP contribution >= 0.6 is 11.6 Å². The summed E-state index contributed by atoms with van der Waals surface area (Å²) in [5.41, 5.74) is 1.47. The lowest BCUT2D eigenvalue weighted by molar-refractivity contribution is -0.152. The number of hydrogen-bond donors (Lipinski definition) is 0. The van der Waals surface area contributed by atoms with Crippen LogP contribution in [0.4, 0.5) is 4.39 Å². The Bertz CT molecular complexity index is 974. The number of carbonyl (C=O) groups is 1. The second kappa shape index (κ2) is 7.36. The van der Waals surface area contributed by atoms with Crippen molar-refractivity contribution in [1.82, 2.24) is 10.1 Å². The van der Waals surface area contributed by atoms with E-state index >= 15 is 0 Å². The summed E-state index contributed by atoms with van der Waals surface area (Å²) in [5.74, 6) is -0.0238. The topological polar surface area (TPSA) is 74.5 Å². The Balaban J connectivity index is 1.36. The van der Waals surface area contributed by atoms with Gasteiger partial charge in [-0.15, -0.1) is 0 Å². The third kappa shape index (κ3) is 3.93. The van der Waals surface area contributed by atoms with E-state index in [2.05, 4.69) is 10.1 Å². The molecule has 6 nitrogen and oxygen atoms in total. The minimum Gasteiger partial charge on any atom is -0.492 e. The lowest BCUT2D eigenvalue weighted by Crippen LogP contribution is -2.29. The Morgan fingerprint density at radius 2 is 2.07 bits per heavy atom. The normalized spacial score (nSPS) is 15.7. The van der Waals surface area contributed by atoms with Gasteiger partial charge in [-0.25, -0.2) is 4.39 Å². The Hall–Kier alpha value is -2.93. The predicted molar refractivity (Wildman–Crippen MR) is 93.6 cm³/mol. The number of ether oxygens (including phenoxy) is 2. The molecule has 0 saturated carbocycles.